The Balaban J connectivity index is 1.86. The third kappa shape index (κ3) is 3.52. The Labute approximate surface area is 152 Å². The number of benzene rings is 1. The van der Waals surface area contributed by atoms with Crippen molar-refractivity contribution < 1.29 is 13.2 Å². The predicted octanol–water partition coefficient (Wildman–Crippen LogP) is 1.70. The molecule has 8 heteroatoms. The van der Waals surface area contributed by atoms with Crippen LogP contribution in [0.25, 0.3) is 0 Å². The number of nitrogens with zero attached hydrogens (tertiary/aromatic N) is 1. The largest absolute Gasteiger partial charge is 0.490 e. The maximum atomic E-state index is 12.7. The van der Waals surface area contributed by atoms with E-state index >= 15 is 0 Å². The van der Waals surface area contributed by atoms with Crippen LogP contribution in [0, 0.1) is 0 Å². The summed E-state index contributed by atoms with van der Waals surface area (Å²) in [6, 6.07) is 4.84. The highest BCUT2D eigenvalue weighted by Gasteiger charge is 2.23. The van der Waals surface area contributed by atoms with Crippen LogP contribution in [-0.2, 0) is 35.8 Å². The third-order valence-corrected chi connectivity index (χ3v) is 5.98. The molecule has 0 radical (unpaired) electrons. The zero-order chi connectivity index (χ0) is 18.9. The van der Waals surface area contributed by atoms with Gasteiger partial charge in [-0.15, -0.1) is 0 Å². The Morgan fingerprint density at radius 1 is 1.27 bits per heavy atom. The minimum atomic E-state index is -3.74. The molecule has 0 saturated carbocycles. The molecule has 0 unspecified atom stereocenters. The highest BCUT2D eigenvalue weighted by Crippen LogP contribution is 2.30. The fourth-order valence-electron chi connectivity index (χ4n) is 3.28. The molecule has 26 heavy (non-hydrogen) atoms. The van der Waals surface area contributed by atoms with Crippen molar-refractivity contribution in [3.8, 4) is 5.75 Å². The lowest BCUT2D eigenvalue weighted by Crippen LogP contribution is -2.29. The summed E-state index contributed by atoms with van der Waals surface area (Å²) in [5, 5.41) is 6.50. The fraction of sp³-hybridized carbons (Fsp3) is 0.444. The minimum Gasteiger partial charge on any atom is -0.490 e. The SMILES string of the molecule is CCc1n[nH]c(=O)c(CNS(=O)(=O)c2ccc3c(c2)C[C@H](C)O3)c1CC. The highest BCUT2D eigenvalue weighted by molar-refractivity contribution is 7.89. The minimum absolute atomic E-state index is 0.0471. The Hall–Kier alpha value is -2.19. The molecule has 0 amide bonds. The van der Waals surface area contributed by atoms with E-state index < -0.39 is 10.0 Å². The average Bonchev–Trinajstić information content (AvgIpc) is 2.99. The molecule has 1 atom stereocenters. The number of aryl methyl sites for hydroxylation is 1. The summed E-state index contributed by atoms with van der Waals surface area (Å²) >= 11 is 0. The van der Waals surface area contributed by atoms with Gasteiger partial charge in [-0.2, -0.15) is 5.10 Å². The van der Waals surface area contributed by atoms with E-state index in [4.69, 9.17) is 4.74 Å². The van der Waals surface area contributed by atoms with Gasteiger partial charge in [0.15, 0.2) is 0 Å². The molecule has 1 aromatic heterocycles. The third-order valence-electron chi connectivity index (χ3n) is 4.58. The number of aromatic amines is 1. The number of aromatic nitrogens is 2. The van der Waals surface area contributed by atoms with E-state index in [0.29, 0.717) is 24.8 Å². The lowest BCUT2D eigenvalue weighted by molar-refractivity contribution is 0.254. The molecule has 0 spiro atoms. The molecular weight excluding hydrogens is 354 g/mol. The Kier molecular flexibility index (Phi) is 5.15. The topological polar surface area (TPSA) is 101 Å². The first-order valence-electron chi connectivity index (χ1n) is 8.74. The lowest BCUT2D eigenvalue weighted by Gasteiger charge is -2.12. The van der Waals surface area contributed by atoms with Crippen LogP contribution in [0.4, 0.5) is 0 Å². The number of sulfonamides is 1. The van der Waals surface area contributed by atoms with Gasteiger partial charge in [-0.05, 0) is 49.1 Å². The maximum absolute atomic E-state index is 12.7. The van der Waals surface area contributed by atoms with E-state index in [2.05, 4.69) is 14.9 Å². The van der Waals surface area contributed by atoms with E-state index in [1.165, 1.54) is 6.07 Å². The fourth-order valence-corrected chi connectivity index (χ4v) is 4.32. The molecule has 0 fully saturated rings. The van der Waals surface area contributed by atoms with Crippen molar-refractivity contribution in [1.29, 1.82) is 0 Å². The second-order valence-electron chi connectivity index (χ2n) is 6.39. The predicted molar refractivity (Wildman–Crippen MR) is 97.9 cm³/mol. The van der Waals surface area contributed by atoms with E-state index in [1.807, 2.05) is 20.8 Å². The molecule has 0 aliphatic carbocycles. The van der Waals surface area contributed by atoms with E-state index in [1.54, 1.807) is 12.1 Å². The molecule has 0 bridgehead atoms. The molecule has 1 aromatic carbocycles. The maximum Gasteiger partial charge on any atom is 0.268 e. The Morgan fingerprint density at radius 3 is 2.73 bits per heavy atom. The summed E-state index contributed by atoms with van der Waals surface area (Å²) in [5.74, 6) is 0.725. The van der Waals surface area contributed by atoms with Crippen molar-refractivity contribution in [2.45, 2.75) is 57.6 Å². The van der Waals surface area contributed by atoms with Gasteiger partial charge in [0.1, 0.15) is 11.9 Å². The van der Waals surface area contributed by atoms with Crippen LogP contribution in [-0.4, -0.2) is 24.7 Å². The quantitative estimate of drug-likeness (QED) is 0.798. The normalized spacial score (nSPS) is 16.3. The van der Waals surface area contributed by atoms with Crippen LogP contribution in [0.2, 0.25) is 0 Å². The molecule has 3 rings (SSSR count). The lowest BCUT2D eigenvalue weighted by atomic mass is 10.0. The smallest absolute Gasteiger partial charge is 0.268 e. The molecule has 2 aromatic rings. The first kappa shape index (κ1) is 18.6. The number of fused-ring (bicyclic) bond motifs is 1. The van der Waals surface area contributed by atoms with Gasteiger partial charge in [-0.25, -0.2) is 18.2 Å². The van der Waals surface area contributed by atoms with Crippen LogP contribution in [0.1, 0.15) is 43.2 Å². The molecule has 1 aliphatic rings. The van der Waals surface area contributed by atoms with Crippen molar-refractivity contribution in [1.82, 2.24) is 14.9 Å². The van der Waals surface area contributed by atoms with Crippen LogP contribution in [0.3, 0.4) is 0 Å². The van der Waals surface area contributed by atoms with Gasteiger partial charge < -0.3 is 4.74 Å². The Bertz CT molecular complexity index is 982. The first-order chi connectivity index (χ1) is 12.4. The summed E-state index contributed by atoms with van der Waals surface area (Å²) in [4.78, 5) is 12.3. The number of hydrogen-bond donors (Lipinski definition) is 2. The second-order valence-corrected chi connectivity index (χ2v) is 8.16. The zero-order valence-corrected chi connectivity index (χ0v) is 15.9. The number of rotatable bonds is 6. The van der Waals surface area contributed by atoms with Crippen molar-refractivity contribution >= 4 is 10.0 Å². The number of H-pyrrole nitrogens is 1. The van der Waals surface area contributed by atoms with Crippen molar-refractivity contribution in [3.05, 3.63) is 50.9 Å². The molecule has 2 heterocycles. The van der Waals surface area contributed by atoms with Gasteiger partial charge in [0, 0.05) is 18.5 Å². The average molecular weight is 377 g/mol. The van der Waals surface area contributed by atoms with Crippen LogP contribution in [0.5, 0.6) is 5.75 Å². The van der Waals surface area contributed by atoms with Crippen molar-refractivity contribution in [3.63, 3.8) is 0 Å². The van der Waals surface area contributed by atoms with Gasteiger partial charge >= 0.3 is 0 Å². The van der Waals surface area contributed by atoms with Crippen molar-refractivity contribution in [2.75, 3.05) is 0 Å². The van der Waals surface area contributed by atoms with E-state index in [9.17, 15) is 13.2 Å². The van der Waals surface area contributed by atoms with Gasteiger partial charge in [0.05, 0.1) is 10.6 Å². The summed E-state index contributed by atoms with van der Waals surface area (Å²) in [6.07, 6.45) is 2.02. The summed E-state index contributed by atoms with van der Waals surface area (Å²) in [6.45, 7) is 5.75. The molecule has 2 N–H and O–H groups in total. The molecular formula is C18H23N3O4S. The van der Waals surface area contributed by atoms with Crippen LogP contribution < -0.4 is 15.0 Å². The van der Waals surface area contributed by atoms with E-state index in [0.717, 1.165) is 22.6 Å². The summed E-state index contributed by atoms with van der Waals surface area (Å²) in [7, 11) is -3.74. The van der Waals surface area contributed by atoms with E-state index in [-0.39, 0.29) is 23.1 Å². The van der Waals surface area contributed by atoms with Crippen molar-refractivity contribution in [2.24, 2.45) is 0 Å². The molecule has 140 valence electrons. The van der Waals surface area contributed by atoms with Crippen LogP contribution in [0.15, 0.2) is 27.9 Å². The van der Waals surface area contributed by atoms with Gasteiger partial charge in [0.2, 0.25) is 10.0 Å². The Morgan fingerprint density at radius 2 is 2.04 bits per heavy atom. The number of hydrogen-bond acceptors (Lipinski definition) is 5. The first-order valence-corrected chi connectivity index (χ1v) is 10.2. The molecule has 0 saturated heterocycles. The van der Waals surface area contributed by atoms with Gasteiger partial charge in [-0.1, -0.05) is 13.8 Å². The van der Waals surface area contributed by atoms with Gasteiger partial charge in [-0.3, -0.25) is 4.79 Å². The zero-order valence-electron chi connectivity index (χ0n) is 15.1. The number of nitrogens with one attached hydrogen (secondary N) is 2. The molecule has 1 aliphatic heterocycles. The summed E-state index contributed by atoms with van der Waals surface area (Å²) in [5.41, 5.74) is 2.52. The number of ether oxygens (including phenoxy) is 1. The molecule has 7 nitrogen and oxygen atoms in total. The summed E-state index contributed by atoms with van der Waals surface area (Å²) < 4.78 is 33.5. The second kappa shape index (κ2) is 7.20. The van der Waals surface area contributed by atoms with Crippen LogP contribution >= 0.6 is 0 Å². The monoisotopic (exact) mass is 377 g/mol. The highest BCUT2D eigenvalue weighted by atomic mass is 32.2. The van der Waals surface area contributed by atoms with Gasteiger partial charge in [0.25, 0.3) is 5.56 Å². The standard InChI is InChI=1S/C18H23N3O4S/c1-4-14-15(18(22)21-20-16(14)5-2)10-19-26(23,24)13-6-7-17-12(9-13)8-11(3)25-17/h6-7,9,11,19H,4-5,8,10H2,1-3H3,(H,21,22)/t11-/m0/s1.